The summed E-state index contributed by atoms with van der Waals surface area (Å²) >= 11 is 0. The van der Waals surface area contributed by atoms with Crippen molar-refractivity contribution in [3.05, 3.63) is 78.5 Å². The summed E-state index contributed by atoms with van der Waals surface area (Å²) in [6.45, 7) is 0. The summed E-state index contributed by atoms with van der Waals surface area (Å²) in [5, 5.41) is 13.9. The predicted octanol–water partition coefficient (Wildman–Crippen LogP) is 4.93. The minimum atomic E-state index is 0.628. The van der Waals surface area contributed by atoms with Crippen molar-refractivity contribution in [2.45, 2.75) is 0 Å². The summed E-state index contributed by atoms with van der Waals surface area (Å²) in [5.74, 6) is 0. The molecule has 0 aliphatic carbocycles. The van der Waals surface area contributed by atoms with Crippen LogP contribution in [-0.2, 0) is 0 Å². The standard InChI is InChI=1S/C20H12N2/c21-13-14-9-10-22-20(11-14)17-8-7-16-6-5-15-3-1-2-4-18(15)19(16)12-17/h1-12H. The fourth-order valence-corrected chi connectivity index (χ4v) is 2.82. The van der Waals surface area contributed by atoms with Gasteiger partial charge in [0, 0.05) is 11.8 Å². The Bertz CT molecular complexity index is 1040. The average molecular weight is 280 g/mol. The number of hydrogen-bond donors (Lipinski definition) is 0. The second kappa shape index (κ2) is 4.98. The van der Waals surface area contributed by atoms with E-state index in [1.54, 1.807) is 12.3 Å². The molecule has 0 saturated heterocycles. The second-order valence-corrected chi connectivity index (χ2v) is 5.26. The zero-order valence-electron chi connectivity index (χ0n) is 11.8. The molecule has 0 spiro atoms. The molecule has 3 aromatic carbocycles. The average Bonchev–Trinajstić information content (AvgIpc) is 2.61. The van der Waals surface area contributed by atoms with Crippen LogP contribution in [0.1, 0.15) is 5.56 Å². The fourth-order valence-electron chi connectivity index (χ4n) is 2.82. The van der Waals surface area contributed by atoms with Crippen LogP contribution in [0.4, 0.5) is 0 Å². The van der Waals surface area contributed by atoms with E-state index in [2.05, 4.69) is 65.7 Å². The molecule has 0 saturated carbocycles. The van der Waals surface area contributed by atoms with Crippen LogP contribution < -0.4 is 0 Å². The Labute approximate surface area is 128 Å². The first-order chi connectivity index (χ1) is 10.8. The molecule has 4 aromatic rings. The van der Waals surface area contributed by atoms with Gasteiger partial charge in [0.25, 0.3) is 0 Å². The second-order valence-electron chi connectivity index (χ2n) is 5.26. The first-order valence-electron chi connectivity index (χ1n) is 7.13. The van der Waals surface area contributed by atoms with Gasteiger partial charge in [-0.15, -0.1) is 0 Å². The number of nitrogens with zero attached hydrogens (tertiary/aromatic N) is 2. The van der Waals surface area contributed by atoms with Gasteiger partial charge in [-0.05, 0) is 39.7 Å². The van der Waals surface area contributed by atoms with Crippen molar-refractivity contribution in [3.63, 3.8) is 0 Å². The van der Waals surface area contributed by atoms with Gasteiger partial charge in [0.1, 0.15) is 0 Å². The third-order valence-electron chi connectivity index (χ3n) is 3.93. The van der Waals surface area contributed by atoms with Gasteiger partial charge >= 0.3 is 0 Å². The molecule has 0 fully saturated rings. The molecular weight excluding hydrogens is 268 g/mol. The molecule has 0 amide bonds. The maximum Gasteiger partial charge on any atom is 0.0992 e. The van der Waals surface area contributed by atoms with Gasteiger partial charge in [-0.25, -0.2) is 0 Å². The molecule has 0 aliphatic rings. The molecule has 0 atom stereocenters. The van der Waals surface area contributed by atoms with Crippen LogP contribution in [-0.4, -0.2) is 4.98 Å². The molecule has 102 valence electrons. The van der Waals surface area contributed by atoms with Crippen molar-refractivity contribution in [2.24, 2.45) is 0 Å². The van der Waals surface area contributed by atoms with Crippen molar-refractivity contribution < 1.29 is 0 Å². The topological polar surface area (TPSA) is 36.7 Å². The molecule has 2 heteroatoms. The smallest absolute Gasteiger partial charge is 0.0992 e. The Morgan fingerprint density at radius 2 is 1.55 bits per heavy atom. The van der Waals surface area contributed by atoms with E-state index >= 15 is 0 Å². The van der Waals surface area contributed by atoms with Gasteiger partial charge in [0.05, 0.1) is 17.3 Å². The minimum absolute atomic E-state index is 0.628. The number of nitriles is 1. The van der Waals surface area contributed by atoms with Crippen molar-refractivity contribution in [1.29, 1.82) is 5.26 Å². The Morgan fingerprint density at radius 1 is 0.773 bits per heavy atom. The lowest BCUT2D eigenvalue weighted by molar-refractivity contribution is 1.31. The van der Waals surface area contributed by atoms with Crippen LogP contribution >= 0.6 is 0 Å². The maximum absolute atomic E-state index is 9.04. The Hall–Kier alpha value is -3.18. The number of rotatable bonds is 1. The zero-order valence-corrected chi connectivity index (χ0v) is 11.8. The summed E-state index contributed by atoms with van der Waals surface area (Å²) in [6.07, 6.45) is 1.68. The lowest BCUT2D eigenvalue weighted by Crippen LogP contribution is -1.86. The normalized spacial score (nSPS) is 10.7. The van der Waals surface area contributed by atoms with E-state index in [0.717, 1.165) is 11.3 Å². The Morgan fingerprint density at radius 3 is 2.41 bits per heavy atom. The highest BCUT2D eigenvalue weighted by Gasteiger charge is 2.05. The van der Waals surface area contributed by atoms with Crippen LogP contribution in [0.5, 0.6) is 0 Å². The van der Waals surface area contributed by atoms with Crippen LogP contribution in [0, 0.1) is 11.3 Å². The number of benzene rings is 3. The molecule has 0 bridgehead atoms. The lowest BCUT2D eigenvalue weighted by Gasteiger charge is -2.07. The number of aromatic nitrogens is 1. The van der Waals surface area contributed by atoms with Gasteiger partial charge in [-0.1, -0.05) is 48.5 Å². The SMILES string of the molecule is N#Cc1ccnc(-c2ccc3ccc4ccccc4c3c2)c1. The van der Waals surface area contributed by atoms with Crippen molar-refractivity contribution in [1.82, 2.24) is 4.98 Å². The van der Waals surface area contributed by atoms with E-state index < -0.39 is 0 Å². The summed E-state index contributed by atoms with van der Waals surface area (Å²) in [7, 11) is 0. The molecule has 4 rings (SSSR count). The fraction of sp³-hybridized carbons (Fsp3) is 0. The van der Waals surface area contributed by atoms with E-state index in [9.17, 15) is 0 Å². The third kappa shape index (κ3) is 2.01. The number of fused-ring (bicyclic) bond motifs is 3. The Balaban J connectivity index is 2.00. The van der Waals surface area contributed by atoms with Crippen molar-refractivity contribution in [3.8, 4) is 17.3 Å². The van der Waals surface area contributed by atoms with Gasteiger partial charge in [0.2, 0.25) is 0 Å². The molecule has 1 heterocycles. The molecule has 0 unspecified atom stereocenters. The van der Waals surface area contributed by atoms with Crippen molar-refractivity contribution >= 4 is 21.5 Å². The zero-order chi connectivity index (χ0) is 14.9. The highest BCUT2D eigenvalue weighted by atomic mass is 14.7. The maximum atomic E-state index is 9.04. The van der Waals surface area contributed by atoms with Crippen LogP contribution in [0.2, 0.25) is 0 Å². The van der Waals surface area contributed by atoms with Gasteiger partial charge in [0.15, 0.2) is 0 Å². The van der Waals surface area contributed by atoms with E-state index in [-0.39, 0.29) is 0 Å². The minimum Gasteiger partial charge on any atom is -0.256 e. The highest BCUT2D eigenvalue weighted by molar-refractivity contribution is 6.08. The van der Waals surface area contributed by atoms with Crippen molar-refractivity contribution in [2.75, 3.05) is 0 Å². The van der Waals surface area contributed by atoms with E-state index in [4.69, 9.17) is 5.26 Å². The summed E-state index contributed by atoms with van der Waals surface area (Å²) < 4.78 is 0. The molecule has 0 aliphatic heterocycles. The van der Waals surface area contributed by atoms with E-state index in [1.807, 2.05) is 6.07 Å². The molecule has 22 heavy (non-hydrogen) atoms. The van der Waals surface area contributed by atoms with Crippen LogP contribution in [0.3, 0.4) is 0 Å². The Kier molecular flexibility index (Phi) is 2.84. The van der Waals surface area contributed by atoms with Gasteiger partial charge in [-0.2, -0.15) is 5.26 Å². The summed E-state index contributed by atoms with van der Waals surface area (Å²) in [4.78, 5) is 4.39. The van der Waals surface area contributed by atoms with Crippen LogP contribution in [0.15, 0.2) is 72.9 Å². The van der Waals surface area contributed by atoms with Gasteiger partial charge in [-0.3, -0.25) is 4.98 Å². The first kappa shape index (κ1) is 12.6. The molecule has 2 nitrogen and oxygen atoms in total. The predicted molar refractivity (Wildman–Crippen MR) is 89.4 cm³/mol. The lowest BCUT2D eigenvalue weighted by atomic mass is 9.98. The summed E-state index contributed by atoms with van der Waals surface area (Å²) in [6, 6.07) is 24.7. The molecule has 0 radical (unpaired) electrons. The molecule has 1 aromatic heterocycles. The molecule has 0 N–H and O–H groups in total. The van der Waals surface area contributed by atoms with E-state index in [1.165, 1.54) is 21.5 Å². The van der Waals surface area contributed by atoms with Gasteiger partial charge < -0.3 is 0 Å². The van der Waals surface area contributed by atoms with E-state index in [0.29, 0.717) is 5.56 Å². The largest absolute Gasteiger partial charge is 0.256 e. The quantitative estimate of drug-likeness (QED) is 0.464. The number of pyridine rings is 1. The molecular formula is C20H12N2. The summed E-state index contributed by atoms with van der Waals surface area (Å²) in [5.41, 5.74) is 2.48. The van der Waals surface area contributed by atoms with Crippen LogP contribution in [0.25, 0.3) is 32.8 Å². The first-order valence-corrected chi connectivity index (χ1v) is 7.13. The monoisotopic (exact) mass is 280 g/mol. The number of hydrogen-bond acceptors (Lipinski definition) is 2. The highest BCUT2D eigenvalue weighted by Crippen LogP contribution is 2.29. The third-order valence-corrected chi connectivity index (χ3v) is 3.93.